The van der Waals surface area contributed by atoms with Crippen LogP contribution in [0.4, 0.5) is 24.5 Å². The lowest BCUT2D eigenvalue weighted by Crippen LogP contribution is -2.53. The molecule has 11 nitrogen and oxygen atoms in total. The van der Waals surface area contributed by atoms with E-state index in [1.807, 2.05) is 6.92 Å². The van der Waals surface area contributed by atoms with Crippen LogP contribution in [0.3, 0.4) is 0 Å². The van der Waals surface area contributed by atoms with Gasteiger partial charge in [-0.05, 0) is 79.8 Å². The van der Waals surface area contributed by atoms with E-state index < -0.39 is 82.5 Å². The number of aromatic carboxylic acids is 1. The van der Waals surface area contributed by atoms with E-state index in [4.69, 9.17) is 0 Å². The van der Waals surface area contributed by atoms with Crippen molar-refractivity contribution in [3.63, 3.8) is 0 Å². The highest BCUT2D eigenvalue weighted by Gasteiger charge is 2.70. The van der Waals surface area contributed by atoms with Gasteiger partial charge in [0, 0.05) is 11.5 Å². The van der Waals surface area contributed by atoms with Gasteiger partial charge in [-0.15, -0.1) is 13.2 Å². The average molecular weight is 752 g/mol. The summed E-state index contributed by atoms with van der Waals surface area (Å²) >= 11 is 0. The molecular weight excluding hydrogens is 719 g/mol. The number of amides is 4. The zero-order valence-electron chi connectivity index (χ0n) is 29.0. The number of rotatable bonds is 7. The second-order valence-corrected chi connectivity index (χ2v) is 14.2. The van der Waals surface area contributed by atoms with E-state index in [9.17, 15) is 42.6 Å². The van der Waals surface area contributed by atoms with Crippen LogP contribution in [0.5, 0.6) is 11.5 Å². The molecule has 2 aliphatic heterocycles. The topological polar surface area (TPSA) is 154 Å². The molecule has 4 aliphatic rings. The van der Waals surface area contributed by atoms with Gasteiger partial charge in [-0.25, -0.2) is 4.79 Å². The van der Waals surface area contributed by atoms with Crippen LogP contribution in [0.2, 0.25) is 0 Å². The molecule has 2 aliphatic carbocycles. The summed E-state index contributed by atoms with van der Waals surface area (Å²) in [6.07, 6.45) is -3.55. The summed E-state index contributed by atoms with van der Waals surface area (Å²) < 4.78 is 45.0. The van der Waals surface area contributed by atoms with Crippen molar-refractivity contribution in [1.82, 2.24) is 5.01 Å². The maximum absolute atomic E-state index is 15.2. The number of hydrazine groups is 1. The first-order chi connectivity index (χ1) is 26.2. The van der Waals surface area contributed by atoms with Gasteiger partial charge in [0.1, 0.15) is 11.5 Å². The Labute approximate surface area is 311 Å². The number of halogens is 3. The fraction of sp³-hybridized carbons (Fsp3) is 0.244. The monoisotopic (exact) mass is 751 g/mol. The van der Waals surface area contributed by atoms with E-state index in [1.54, 1.807) is 60.7 Å². The predicted molar refractivity (Wildman–Crippen MR) is 189 cm³/mol. The lowest BCUT2D eigenvalue weighted by molar-refractivity contribution is -0.274. The quantitative estimate of drug-likeness (QED) is 0.142. The maximum Gasteiger partial charge on any atom is 0.573 e. The lowest BCUT2D eigenvalue weighted by Gasteiger charge is -2.50. The summed E-state index contributed by atoms with van der Waals surface area (Å²) in [6, 6.07) is 23.5. The van der Waals surface area contributed by atoms with Crippen LogP contribution in [0, 0.1) is 30.6 Å². The van der Waals surface area contributed by atoms with Crippen LogP contribution in [0.15, 0.2) is 109 Å². The summed E-state index contributed by atoms with van der Waals surface area (Å²) in [7, 11) is 0. The Morgan fingerprint density at radius 3 is 2.29 bits per heavy atom. The molecular formula is C41H32F3N3O8. The molecule has 0 spiro atoms. The van der Waals surface area contributed by atoms with Crippen molar-refractivity contribution in [3.8, 4) is 11.5 Å². The van der Waals surface area contributed by atoms with Crippen molar-refractivity contribution in [1.29, 1.82) is 0 Å². The van der Waals surface area contributed by atoms with Crippen molar-refractivity contribution in [2.75, 3.05) is 10.3 Å². The van der Waals surface area contributed by atoms with Gasteiger partial charge < -0.3 is 14.9 Å². The van der Waals surface area contributed by atoms with E-state index in [-0.39, 0.29) is 29.7 Å². The third-order valence-electron chi connectivity index (χ3n) is 11.3. The number of phenolic OH excluding ortho intramolecular Hbond substituents is 1. The number of hydrogen-bond donors (Lipinski definition) is 3. The number of carboxylic acids is 1. The van der Waals surface area contributed by atoms with E-state index in [0.29, 0.717) is 16.8 Å². The molecule has 0 aromatic heterocycles. The number of benzene rings is 4. The van der Waals surface area contributed by atoms with E-state index >= 15 is 4.79 Å². The number of anilines is 2. The third-order valence-corrected chi connectivity index (χ3v) is 11.3. The number of alkyl halides is 3. The molecule has 2 saturated heterocycles. The standard InChI is InChI=1S/C41H32F3N3O8/c1-21-10-12-24(13-11-21)45-47-36(50)31-20-29-27(15-16-28-33(29)37(51)46(35(28)49)25-9-5-6-22(18-25)38(52)53)34(40(31,39(47)54)23-7-3-2-4-8-23)30-19-26(14-17-32(30)48)55-41(42,43)44/h2-15,17-19,28-29,31,33-34,45,48H,16,20H2,1H3,(H,52,53). The Morgan fingerprint density at radius 1 is 0.873 bits per heavy atom. The van der Waals surface area contributed by atoms with Crippen molar-refractivity contribution < 1.29 is 52.1 Å². The molecule has 55 heavy (non-hydrogen) atoms. The summed E-state index contributed by atoms with van der Waals surface area (Å²) in [5.41, 5.74) is 2.89. The molecule has 14 heteroatoms. The van der Waals surface area contributed by atoms with Gasteiger partial charge in [-0.2, -0.15) is 5.01 Å². The number of allylic oxidation sites excluding steroid dienone is 2. The van der Waals surface area contributed by atoms with Gasteiger partial charge in [0.05, 0.1) is 40.1 Å². The normalized spacial score (nSPS) is 26.0. The lowest BCUT2D eigenvalue weighted by atomic mass is 9.49. The van der Waals surface area contributed by atoms with E-state index in [1.165, 1.54) is 24.3 Å². The first kappa shape index (κ1) is 35.6. The van der Waals surface area contributed by atoms with Crippen molar-refractivity contribution in [2.45, 2.75) is 37.5 Å². The molecule has 1 saturated carbocycles. The minimum Gasteiger partial charge on any atom is -0.508 e. The molecule has 6 atom stereocenters. The molecule has 6 unspecified atom stereocenters. The molecule has 3 fully saturated rings. The Bertz CT molecular complexity index is 2310. The van der Waals surface area contributed by atoms with Gasteiger partial charge in [0.25, 0.3) is 11.8 Å². The Kier molecular flexibility index (Phi) is 8.32. The fourth-order valence-corrected chi connectivity index (χ4v) is 9.09. The minimum absolute atomic E-state index is 0.0186. The number of fused-ring (bicyclic) bond motifs is 4. The van der Waals surface area contributed by atoms with Crippen LogP contribution in [0.25, 0.3) is 0 Å². The van der Waals surface area contributed by atoms with Gasteiger partial charge in [0.2, 0.25) is 11.8 Å². The zero-order chi connectivity index (χ0) is 39.0. The first-order valence-electron chi connectivity index (χ1n) is 17.5. The molecule has 2 heterocycles. The van der Waals surface area contributed by atoms with Gasteiger partial charge in [0.15, 0.2) is 0 Å². The number of aryl methyl sites for hydroxylation is 1. The number of nitrogens with zero attached hydrogens (tertiary/aromatic N) is 2. The maximum atomic E-state index is 15.2. The van der Waals surface area contributed by atoms with Gasteiger partial charge in [-0.1, -0.05) is 65.7 Å². The van der Waals surface area contributed by atoms with E-state index in [2.05, 4.69) is 10.2 Å². The Balaban J connectivity index is 1.33. The summed E-state index contributed by atoms with van der Waals surface area (Å²) in [5, 5.41) is 22.0. The summed E-state index contributed by atoms with van der Waals surface area (Å²) in [4.78, 5) is 71.3. The molecule has 3 N–H and O–H groups in total. The van der Waals surface area contributed by atoms with Gasteiger partial charge >= 0.3 is 12.3 Å². The highest BCUT2D eigenvalue weighted by atomic mass is 19.4. The number of phenols is 1. The Morgan fingerprint density at radius 2 is 1.60 bits per heavy atom. The highest BCUT2D eigenvalue weighted by molar-refractivity contribution is 6.23. The molecule has 8 rings (SSSR count). The molecule has 4 aromatic rings. The summed E-state index contributed by atoms with van der Waals surface area (Å²) in [5.74, 6) is -10.6. The highest BCUT2D eigenvalue weighted by Crippen LogP contribution is 2.65. The number of carboxylic acid groups (broad SMARTS) is 1. The third kappa shape index (κ3) is 5.62. The van der Waals surface area contributed by atoms with Crippen molar-refractivity contribution >= 4 is 41.0 Å². The number of carbonyl (C=O) groups is 5. The number of imide groups is 2. The number of carbonyl (C=O) groups excluding carboxylic acids is 4. The second-order valence-electron chi connectivity index (χ2n) is 14.2. The number of ether oxygens (including phenoxy) is 1. The number of hydrogen-bond acceptors (Lipinski definition) is 8. The van der Waals surface area contributed by atoms with Crippen LogP contribution >= 0.6 is 0 Å². The zero-order valence-corrected chi connectivity index (χ0v) is 29.0. The fourth-order valence-electron chi connectivity index (χ4n) is 9.09. The van der Waals surface area contributed by atoms with Gasteiger partial charge in [-0.3, -0.25) is 29.5 Å². The van der Waals surface area contributed by atoms with Crippen molar-refractivity contribution in [3.05, 3.63) is 131 Å². The largest absolute Gasteiger partial charge is 0.573 e. The predicted octanol–water partition coefficient (Wildman–Crippen LogP) is 6.49. The smallest absolute Gasteiger partial charge is 0.508 e. The number of aromatic hydroxyl groups is 1. The van der Waals surface area contributed by atoms with Crippen LogP contribution < -0.4 is 15.1 Å². The number of nitrogens with one attached hydrogen (secondary N) is 1. The SMILES string of the molecule is Cc1ccc(NN2C(=O)C3CC4C(=CCC5C(=O)N(c6cccc(C(=O)O)c6)C(=O)C54)C(c4cc(OC(F)(F)F)ccc4O)C3(c3ccccc3)C2=O)cc1. The van der Waals surface area contributed by atoms with Crippen LogP contribution in [-0.4, -0.2) is 51.2 Å². The molecule has 280 valence electrons. The van der Waals surface area contributed by atoms with Crippen LogP contribution in [0.1, 0.15) is 45.8 Å². The Hall–Kier alpha value is -6.44. The van der Waals surface area contributed by atoms with Crippen molar-refractivity contribution in [2.24, 2.45) is 23.7 Å². The first-order valence-corrected chi connectivity index (χ1v) is 17.5. The molecule has 4 amide bonds. The average Bonchev–Trinajstić information content (AvgIpc) is 3.54. The summed E-state index contributed by atoms with van der Waals surface area (Å²) in [6.45, 7) is 1.87. The second kappa shape index (κ2) is 12.9. The molecule has 4 aromatic carbocycles. The molecule has 0 radical (unpaired) electrons. The van der Waals surface area contributed by atoms with E-state index in [0.717, 1.165) is 33.7 Å². The van der Waals surface area contributed by atoms with Crippen LogP contribution in [-0.2, 0) is 24.6 Å². The minimum atomic E-state index is -5.10. The molecule has 0 bridgehead atoms.